The highest BCUT2D eigenvalue weighted by Crippen LogP contribution is 2.07. The Balaban J connectivity index is 2.39. The highest BCUT2D eigenvalue weighted by molar-refractivity contribution is 5.68. The SMILES string of the molecule is CCCCN(CCN1CCN(C(=O)OC(C)C)CC1)C(=O)OC(C)C. The van der Waals surface area contributed by atoms with Gasteiger partial charge in [-0.1, -0.05) is 13.3 Å². The molecule has 0 aromatic rings. The first-order chi connectivity index (χ1) is 11.8. The van der Waals surface area contributed by atoms with E-state index in [4.69, 9.17) is 9.47 Å². The van der Waals surface area contributed by atoms with Gasteiger partial charge in [0.1, 0.15) is 0 Å². The molecule has 146 valence electrons. The molecule has 1 saturated heterocycles. The monoisotopic (exact) mass is 357 g/mol. The lowest BCUT2D eigenvalue weighted by Crippen LogP contribution is -2.51. The van der Waals surface area contributed by atoms with E-state index < -0.39 is 0 Å². The Bertz CT molecular complexity index is 407. The first kappa shape index (κ1) is 21.5. The van der Waals surface area contributed by atoms with Gasteiger partial charge in [-0.2, -0.15) is 0 Å². The molecule has 0 aromatic carbocycles. The Morgan fingerprint density at radius 1 is 0.960 bits per heavy atom. The van der Waals surface area contributed by atoms with Gasteiger partial charge < -0.3 is 19.3 Å². The van der Waals surface area contributed by atoms with Crippen LogP contribution in [0.3, 0.4) is 0 Å². The first-order valence-electron chi connectivity index (χ1n) is 9.47. The number of carbonyl (C=O) groups is 2. The lowest BCUT2D eigenvalue weighted by molar-refractivity contribution is 0.0519. The number of ether oxygens (including phenoxy) is 2. The fourth-order valence-corrected chi connectivity index (χ4v) is 2.61. The molecule has 0 bridgehead atoms. The fraction of sp³-hybridized carbons (Fsp3) is 0.889. The molecule has 1 heterocycles. The second kappa shape index (κ2) is 11.2. The number of rotatable bonds is 8. The van der Waals surface area contributed by atoms with Crippen LogP contribution in [0.5, 0.6) is 0 Å². The third-order valence-corrected chi connectivity index (χ3v) is 4.03. The van der Waals surface area contributed by atoms with Gasteiger partial charge in [-0.15, -0.1) is 0 Å². The normalized spacial score (nSPS) is 15.6. The molecule has 0 radical (unpaired) electrons. The van der Waals surface area contributed by atoms with Gasteiger partial charge in [0.05, 0.1) is 12.2 Å². The number of amides is 2. The number of nitrogens with zero attached hydrogens (tertiary/aromatic N) is 3. The second-order valence-electron chi connectivity index (χ2n) is 7.03. The molecule has 0 spiro atoms. The quantitative estimate of drug-likeness (QED) is 0.668. The highest BCUT2D eigenvalue weighted by atomic mass is 16.6. The van der Waals surface area contributed by atoms with Crippen LogP contribution in [-0.2, 0) is 9.47 Å². The van der Waals surface area contributed by atoms with Gasteiger partial charge in [-0.05, 0) is 34.1 Å². The van der Waals surface area contributed by atoms with Crippen molar-refractivity contribution in [3.05, 3.63) is 0 Å². The molecule has 1 fully saturated rings. The van der Waals surface area contributed by atoms with Crippen molar-refractivity contribution in [1.29, 1.82) is 0 Å². The van der Waals surface area contributed by atoms with E-state index in [9.17, 15) is 9.59 Å². The molecule has 0 unspecified atom stereocenters. The van der Waals surface area contributed by atoms with E-state index in [1.54, 1.807) is 9.80 Å². The lowest BCUT2D eigenvalue weighted by atomic mass is 10.3. The van der Waals surface area contributed by atoms with Crippen molar-refractivity contribution in [3.63, 3.8) is 0 Å². The van der Waals surface area contributed by atoms with Crippen LogP contribution in [0.1, 0.15) is 47.5 Å². The molecular weight excluding hydrogens is 322 g/mol. The van der Waals surface area contributed by atoms with Crippen molar-refractivity contribution < 1.29 is 19.1 Å². The topological polar surface area (TPSA) is 62.3 Å². The Labute approximate surface area is 152 Å². The van der Waals surface area contributed by atoms with E-state index in [1.165, 1.54) is 0 Å². The molecule has 0 N–H and O–H groups in total. The van der Waals surface area contributed by atoms with Crippen molar-refractivity contribution in [1.82, 2.24) is 14.7 Å². The van der Waals surface area contributed by atoms with Crippen LogP contribution in [0.15, 0.2) is 0 Å². The summed E-state index contributed by atoms with van der Waals surface area (Å²) >= 11 is 0. The average molecular weight is 357 g/mol. The largest absolute Gasteiger partial charge is 0.447 e. The summed E-state index contributed by atoms with van der Waals surface area (Å²) in [5.41, 5.74) is 0. The molecule has 25 heavy (non-hydrogen) atoms. The minimum atomic E-state index is -0.236. The van der Waals surface area contributed by atoms with Crippen LogP contribution in [0, 0.1) is 0 Å². The van der Waals surface area contributed by atoms with E-state index >= 15 is 0 Å². The molecule has 0 atom stereocenters. The summed E-state index contributed by atoms with van der Waals surface area (Å²) < 4.78 is 10.6. The van der Waals surface area contributed by atoms with Crippen LogP contribution >= 0.6 is 0 Å². The van der Waals surface area contributed by atoms with Crippen LogP contribution in [0.25, 0.3) is 0 Å². The molecule has 1 rings (SSSR count). The number of hydrogen-bond acceptors (Lipinski definition) is 5. The van der Waals surface area contributed by atoms with Crippen LogP contribution in [0.2, 0.25) is 0 Å². The van der Waals surface area contributed by atoms with E-state index in [0.717, 1.165) is 39.0 Å². The summed E-state index contributed by atoms with van der Waals surface area (Å²) in [5, 5.41) is 0. The van der Waals surface area contributed by atoms with Gasteiger partial charge in [0, 0.05) is 45.8 Å². The fourth-order valence-electron chi connectivity index (χ4n) is 2.61. The zero-order valence-electron chi connectivity index (χ0n) is 16.5. The van der Waals surface area contributed by atoms with E-state index in [2.05, 4.69) is 11.8 Å². The van der Waals surface area contributed by atoms with Gasteiger partial charge in [0.25, 0.3) is 0 Å². The zero-order valence-corrected chi connectivity index (χ0v) is 16.5. The average Bonchev–Trinajstić information content (AvgIpc) is 2.54. The maximum Gasteiger partial charge on any atom is 0.410 e. The minimum absolute atomic E-state index is 0.0929. The maximum atomic E-state index is 12.2. The second-order valence-corrected chi connectivity index (χ2v) is 7.03. The molecule has 7 heteroatoms. The van der Waals surface area contributed by atoms with Gasteiger partial charge in [0.15, 0.2) is 0 Å². The number of piperazine rings is 1. The summed E-state index contributed by atoms with van der Waals surface area (Å²) in [6.07, 6.45) is 1.35. The smallest absolute Gasteiger partial charge is 0.410 e. The van der Waals surface area contributed by atoms with Crippen LogP contribution in [-0.4, -0.2) is 84.9 Å². The van der Waals surface area contributed by atoms with Crippen molar-refractivity contribution in [2.75, 3.05) is 45.8 Å². The molecular formula is C18H35N3O4. The first-order valence-corrected chi connectivity index (χ1v) is 9.47. The summed E-state index contributed by atoms with van der Waals surface area (Å²) in [4.78, 5) is 29.9. The standard InChI is InChI=1S/C18H35N3O4/c1-6-7-8-20(17(22)24-15(2)3)12-9-19-10-13-21(14-11-19)18(23)25-16(4)5/h15-16H,6-14H2,1-5H3. The predicted molar refractivity (Wildman–Crippen MR) is 97.7 cm³/mol. The third-order valence-electron chi connectivity index (χ3n) is 4.03. The molecule has 0 saturated carbocycles. The van der Waals surface area contributed by atoms with Crippen LogP contribution < -0.4 is 0 Å². The maximum absolute atomic E-state index is 12.2. The summed E-state index contributed by atoms with van der Waals surface area (Å²) in [6.45, 7) is 14.7. The molecule has 2 amide bonds. The van der Waals surface area contributed by atoms with Gasteiger partial charge in [0.2, 0.25) is 0 Å². The minimum Gasteiger partial charge on any atom is -0.447 e. The Morgan fingerprint density at radius 2 is 1.56 bits per heavy atom. The highest BCUT2D eigenvalue weighted by Gasteiger charge is 2.24. The predicted octanol–water partition coefficient (Wildman–Crippen LogP) is 2.80. The van der Waals surface area contributed by atoms with Crippen molar-refractivity contribution in [2.45, 2.75) is 59.7 Å². The van der Waals surface area contributed by atoms with E-state index in [-0.39, 0.29) is 24.4 Å². The van der Waals surface area contributed by atoms with Crippen molar-refractivity contribution in [2.24, 2.45) is 0 Å². The Hall–Kier alpha value is -1.50. The Morgan fingerprint density at radius 3 is 2.08 bits per heavy atom. The summed E-state index contributed by atoms with van der Waals surface area (Å²) in [7, 11) is 0. The third kappa shape index (κ3) is 8.43. The van der Waals surface area contributed by atoms with Gasteiger partial charge in [-0.3, -0.25) is 4.90 Å². The molecule has 0 aromatic heterocycles. The molecule has 7 nitrogen and oxygen atoms in total. The molecule has 1 aliphatic rings. The number of unbranched alkanes of at least 4 members (excludes halogenated alkanes) is 1. The van der Waals surface area contributed by atoms with Gasteiger partial charge >= 0.3 is 12.2 Å². The number of carbonyl (C=O) groups excluding carboxylic acids is 2. The van der Waals surface area contributed by atoms with E-state index in [0.29, 0.717) is 19.6 Å². The van der Waals surface area contributed by atoms with Crippen molar-refractivity contribution >= 4 is 12.2 Å². The van der Waals surface area contributed by atoms with Crippen molar-refractivity contribution in [3.8, 4) is 0 Å². The number of hydrogen-bond donors (Lipinski definition) is 0. The Kier molecular flexibility index (Phi) is 9.63. The van der Waals surface area contributed by atoms with Crippen LogP contribution in [0.4, 0.5) is 9.59 Å². The zero-order chi connectivity index (χ0) is 18.8. The summed E-state index contributed by atoms with van der Waals surface area (Å²) in [6, 6.07) is 0. The van der Waals surface area contributed by atoms with Gasteiger partial charge in [-0.25, -0.2) is 9.59 Å². The lowest BCUT2D eigenvalue weighted by Gasteiger charge is -2.35. The molecule has 0 aliphatic carbocycles. The summed E-state index contributed by atoms with van der Waals surface area (Å²) in [5.74, 6) is 0. The van der Waals surface area contributed by atoms with E-state index in [1.807, 2.05) is 27.7 Å². The molecule has 1 aliphatic heterocycles.